The number of benzene rings is 2. The lowest BCUT2D eigenvalue weighted by Gasteiger charge is -2.09. The van der Waals surface area contributed by atoms with Crippen LogP contribution in [0, 0.1) is 5.82 Å². The molecule has 7 heteroatoms. The second-order valence-electron chi connectivity index (χ2n) is 4.17. The molecule has 21 heavy (non-hydrogen) atoms. The summed E-state index contributed by atoms with van der Waals surface area (Å²) >= 11 is 9.18. The smallest absolute Gasteiger partial charge is 0.170 e. The largest absolute Gasteiger partial charge is 0.487 e. The molecule has 0 amide bonds. The van der Waals surface area contributed by atoms with Crippen molar-refractivity contribution in [2.45, 2.75) is 6.61 Å². The van der Waals surface area contributed by atoms with Crippen LogP contribution in [0.4, 0.5) is 4.39 Å². The molecule has 0 aromatic heterocycles. The van der Waals surface area contributed by atoms with Crippen molar-refractivity contribution < 1.29 is 14.3 Å². The van der Waals surface area contributed by atoms with E-state index in [0.29, 0.717) is 20.8 Å². The quantitative estimate of drug-likeness (QED) is 0.369. The molecule has 2 aromatic carbocycles. The Morgan fingerprint density at radius 2 is 2.10 bits per heavy atom. The second-order valence-corrected chi connectivity index (χ2v) is 5.43. The summed E-state index contributed by atoms with van der Waals surface area (Å²) in [5.41, 5.74) is 6.75. The van der Waals surface area contributed by atoms with Crippen LogP contribution in [0.1, 0.15) is 11.1 Å². The van der Waals surface area contributed by atoms with Crippen molar-refractivity contribution in [2.75, 3.05) is 0 Å². The summed E-state index contributed by atoms with van der Waals surface area (Å²) in [7, 11) is 0. The average molecular weight is 374 g/mol. The number of nitrogens with zero attached hydrogens (tertiary/aromatic N) is 1. The lowest BCUT2D eigenvalue weighted by atomic mass is 10.2. The van der Waals surface area contributed by atoms with E-state index in [1.807, 2.05) is 0 Å². The van der Waals surface area contributed by atoms with E-state index in [2.05, 4.69) is 21.1 Å². The first-order valence-electron chi connectivity index (χ1n) is 5.85. The molecule has 0 fully saturated rings. The number of oxime groups is 1. The fourth-order valence-electron chi connectivity index (χ4n) is 1.63. The van der Waals surface area contributed by atoms with E-state index in [1.165, 1.54) is 12.1 Å². The number of halogens is 3. The third kappa shape index (κ3) is 3.86. The van der Waals surface area contributed by atoms with Crippen LogP contribution in [0.2, 0.25) is 5.02 Å². The lowest BCUT2D eigenvalue weighted by Crippen LogP contribution is -2.12. The van der Waals surface area contributed by atoms with Crippen molar-refractivity contribution in [3.05, 3.63) is 62.8 Å². The molecule has 0 aliphatic carbocycles. The molecule has 0 atom stereocenters. The third-order valence-corrected chi connectivity index (χ3v) is 3.62. The Kier molecular flexibility index (Phi) is 5.03. The van der Waals surface area contributed by atoms with Crippen LogP contribution in [0.15, 0.2) is 46.0 Å². The van der Waals surface area contributed by atoms with Gasteiger partial charge in [-0.05, 0) is 51.8 Å². The van der Waals surface area contributed by atoms with Gasteiger partial charge < -0.3 is 15.7 Å². The maximum absolute atomic E-state index is 13.1. The highest BCUT2D eigenvalue weighted by Crippen LogP contribution is 2.27. The maximum Gasteiger partial charge on any atom is 0.170 e. The van der Waals surface area contributed by atoms with Gasteiger partial charge in [0.25, 0.3) is 0 Å². The van der Waals surface area contributed by atoms with Gasteiger partial charge in [-0.25, -0.2) is 4.39 Å². The topological polar surface area (TPSA) is 67.8 Å². The molecule has 0 saturated heterocycles. The maximum atomic E-state index is 13.1. The predicted molar refractivity (Wildman–Crippen MR) is 82.4 cm³/mol. The van der Waals surface area contributed by atoms with Gasteiger partial charge in [0, 0.05) is 5.56 Å². The molecule has 0 aliphatic rings. The van der Waals surface area contributed by atoms with Gasteiger partial charge in [-0.3, -0.25) is 0 Å². The molecular weight excluding hydrogens is 363 g/mol. The van der Waals surface area contributed by atoms with E-state index in [-0.39, 0.29) is 18.3 Å². The van der Waals surface area contributed by atoms with Crippen LogP contribution in [-0.2, 0) is 6.61 Å². The molecule has 0 radical (unpaired) electrons. The monoisotopic (exact) mass is 372 g/mol. The van der Waals surface area contributed by atoms with E-state index >= 15 is 0 Å². The molecule has 0 saturated carbocycles. The minimum absolute atomic E-state index is 0.0362. The zero-order chi connectivity index (χ0) is 15.4. The van der Waals surface area contributed by atoms with E-state index in [4.69, 9.17) is 27.3 Å². The van der Waals surface area contributed by atoms with Gasteiger partial charge in [0.1, 0.15) is 18.2 Å². The highest BCUT2D eigenvalue weighted by molar-refractivity contribution is 9.10. The zero-order valence-electron chi connectivity index (χ0n) is 10.7. The van der Waals surface area contributed by atoms with Gasteiger partial charge >= 0.3 is 0 Å². The second kappa shape index (κ2) is 6.78. The van der Waals surface area contributed by atoms with E-state index in [0.717, 1.165) is 5.56 Å². The Balaban J connectivity index is 2.11. The van der Waals surface area contributed by atoms with Crippen molar-refractivity contribution in [3.63, 3.8) is 0 Å². The molecule has 0 aliphatic heterocycles. The minimum Gasteiger partial charge on any atom is -0.487 e. The molecular formula is C14H11BrClFN2O2. The van der Waals surface area contributed by atoms with E-state index < -0.39 is 0 Å². The summed E-state index contributed by atoms with van der Waals surface area (Å²) in [6.07, 6.45) is 0. The van der Waals surface area contributed by atoms with Gasteiger partial charge in [-0.2, -0.15) is 0 Å². The van der Waals surface area contributed by atoms with Crippen molar-refractivity contribution in [2.24, 2.45) is 10.9 Å². The first kappa shape index (κ1) is 15.6. The van der Waals surface area contributed by atoms with Crippen LogP contribution in [0.5, 0.6) is 5.75 Å². The SMILES string of the molecule is NC(=NO)c1ccc(OCc2ccc(F)c(Br)c2)c(Cl)c1. The molecule has 3 N–H and O–H groups in total. The highest BCUT2D eigenvalue weighted by Gasteiger charge is 2.07. The Morgan fingerprint density at radius 1 is 1.33 bits per heavy atom. The number of hydrogen-bond donors (Lipinski definition) is 2. The number of amidine groups is 1. The average Bonchev–Trinajstić information content (AvgIpc) is 2.48. The van der Waals surface area contributed by atoms with Gasteiger partial charge in [0.15, 0.2) is 5.84 Å². The van der Waals surface area contributed by atoms with Crippen LogP contribution < -0.4 is 10.5 Å². The number of ether oxygens (including phenoxy) is 1. The highest BCUT2D eigenvalue weighted by atomic mass is 79.9. The first-order chi connectivity index (χ1) is 10.0. The first-order valence-corrected chi connectivity index (χ1v) is 7.02. The molecule has 0 unspecified atom stereocenters. The van der Waals surface area contributed by atoms with Crippen molar-refractivity contribution in [1.82, 2.24) is 0 Å². The van der Waals surface area contributed by atoms with Gasteiger partial charge in [-0.1, -0.05) is 22.8 Å². The molecule has 0 spiro atoms. The summed E-state index contributed by atoms with van der Waals surface area (Å²) in [4.78, 5) is 0. The van der Waals surface area contributed by atoms with E-state index in [9.17, 15) is 4.39 Å². The van der Waals surface area contributed by atoms with Gasteiger partial charge in [0.05, 0.1) is 9.50 Å². The number of rotatable bonds is 4. The summed E-state index contributed by atoms with van der Waals surface area (Å²) < 4.78 is 19.1. The standard InChI is InChI=1S/C14H11BrClFN2O2/c15-10-5-8(1-3-12(10)17)7-21-13-4-2-9(6-11(13)16)14(18)19-20/h1-6,20H,7H2,(H2,18,19). The Bertz CT molecular complexity index is 695. The Labute approximate surface area is 134 Å². The lowest BCUT2D eigenvalue weighted by molar-refractivity contribution is 0.306. The summed E-state index contributed by atoms with van der Waals surface area (Å²) in [5, 5.41) is 11.8. The molecule has 0 heterocycles. The van der Waals surface area contributed by atoms with Crippen molar-refractivity contribution in [3.8, 4) is 5.75 Å². The molecule has 4 nitrogen and oxygen atoms in total. The molecule has 0 bridgehead atoms. The zero-order valence-corrected chi connectivity index (χ0v) is 13.0. The van der Waals surface area contributed by atoms with Crippen LogP contribution >= 0.6 is 27.5 Å². The molecule has 2 aromatic rings. The predicted octanol–water partition coefficient (Wildman–Crippen LogP) is 3.92. The molecule has 110 valence electrons. The molecule has 2 rings (SSSR count). The van der Waals surface area contributed by atoms with Crippen LogP contribution in [0.25, 0.3) is 0 Å². The number of hydrogen-bond acceptors (Lipinski definition) is 3. The third-order valence-electron chi connectivity index (χ3n) is 2.71. The minimum atomic E-state index is -0.333. The van der Waals surface area contributed by atoms with Crippen LogP contribution in [-0.4, -0.2) is 11.0 Å². The van der Waals surface area contributed by atoms with Gasteiger partial charge in [0.2, 0.25) is 0 Å². The Hall–Kier alpha value is -1.79. The normalized spacial score (nSPS) is 11.5. The van der Waals surface area contributed by atoms with Gasteiger partial charge in [-0.15, -0.1) is 0 Å². The van der Waals surface area contributed by atoms with Crippen LogP contribution in [0.3, 0.4) is 0 Å². The Morgan fingerprint density at radius 3 is 2.71 bits per heavy atom. The van der Waals surface area contributed by atoms with Crippen molar-refractivity contribution >= 4 is 33.4 Å². The summed E-state index contributed by atoms with van der Waals surface area (Å²) in [6, 6.07) is 9.39. The van der Waals surface area contributed by atoms with Crippen molar-refractivity contribution in [1.29, 1.82) is 0 Å². The summed E-state index contributed by atoms with van der Waals surface area (Å²) in [6.45, 7) is 0.238. The fourth-order valence-corrected chi connectivity index (χ4v) is 2.29. The fraction of sp³-hybridized carbons (Fsp3) is 0.0714. The number of nitrogens with two attached hydrogens (primary N) is 1. The van der Waals surface area contributed by atoms with E-state index in [1.54, 1.807) is 24.3 Å². The summed E-state index contributed by atoms with van der Waals surface area (Å²) in [5.74, 6) is 0.0809.